The van der Waals surface area contributed by atoms with Gasteiger partial charge in [-0.25, -0.2) is 0 Å². The first-order valence-corrected chi connectivity index (χ1v) is 5.78. The van der Waals surface area contributed by atoms with Crippen molar-refractivity contribution in [1.29, 1.82) is 0 Å². The zero-order valence-electron chi connectivity index (χ0n) is 9.15. The lowest BCUT2D eigenvalue weighted by Crippen LogP contribution is -2.68. The first-order chi connectivity index (χ1) is 7.20. The van der Waals surface area contributed by atoms with Crippen LogP contribution in [0.1, 0.15) is 25.7 Å². The third kappa shape index (κ3) is 1.69. The second-order valence-corrected chi connectivity index (χ2v) is 5.26. The normalized spacial score (nSPS) is 25.8. The Kier molecular flexibility index (Phi) is 3.03. The van der Waals surface area contributed by atoms with Crippen molar-refractivity contribution in [3.63, 3.8) is 0 Å². The number of aliphatic hydroxyl groups excluding tert-OH is 3. The summed E-state index contributed by atoms with van der Waals surface area (Å²) in [5.74, 6) is 0. The predicted octanol–water partition coefficient (Wildman–Crippen LogP) is -0.422. The van der Waals surface area contributed by atoms with E-state index in [1.807, 2.05) is 4.90 Å². The molecule has 4 heteroatoms. The maximum Gasteiger partial charge on any atom is 0.0906 e. The Bertz CT molecular complexity index is 206. The van der Waals surface area contributed by atoms with E-state index in [1.54, 1.807) is 0 Å². The van der Waals surface area contributed by atoms with Gasteiger partial charge in [-0.05, 0) is 18.3 Å². The molecule has 0 atom stereocenters. The van der Waals surface area contributed by atoms with E-state index in [1.165, 1.54) is 25.7 Å². The number of nitrogens with zero attached hydrogens (tertiary/aromatic N) is 1. The molecule has 2 fully saturated rings. The standard InChI is InChI=1S/C11H21NO3/c13-7-11(8-14,9-15)12-5-10(6-12)3-1-2-4-10/h13-15H,1-9H2. The molecular formula is C11H21NO3. The summed E-state index contributed by atoms with van der Waals surface area (Å²) in [6.45, 7) is 1.34. The Balaban J connectivity index is 1.96. The van der Waals surface area contributed by atoms with Gasteiger partial charge < -0.3 is 15.3 Å². The fourth-order valence-electron chi connectivity index (χ4n) is 2.99. The third-order valence-corrected chi connectivity index (χ3v) is 4.27. The molecular weight excluding hydrogens is 194 g/mol. The molecule has 1 saturated carbocycles. The Labute approximate surface area is 90.5 Å². The van der Waals surface area contributed by atoms with Crippen LogP contribution in [0, 0.1) is 5.41 Å². The summed E-state index contributed by atoms with van der Waals surface area (Å²) in [6.07, 6.45) is 5.14. The van der Waals surface area contributed by atoms with Crippen LogP contribution >= 0.6 is 0 Å². The highest BCUT2D eigenvalue weighted by molar-refractivity contribution is 5.05. The Morgan fingerprint density at radius 2 is 1.40 bits per heavy atom. The van der Waals surface area contributed by atoms with E-state index in [-0.39, 0.29) is 19.8 Å². The minimum absolute atomic E-state index is 0.171. The van der Waals surface area contributed by atoms with Gasteiger partial charge in [-0.3, -0.25) is 4.90 Å². The van der Waals surface area contributed by atoms with E-state index < -0.39 is 5.54 Å². The smallest absolute Gasteiger partial charge is 0.0906 e. The number of hydrogen-bond acceptors (Lipinski definition) is 4. The first-order valence-electron chi connectivity index (χ1n) is 5.78. The Morgan fingerprint density at radius 1 is 0.933 bits per heavy atom. The van der Waals surface area contributed by atoms with Gasteiger partial charge in [-0.2, -0.15) is 0 Å². The predicted molar refractivity (Wildman–Crippen MR) is 56.5 cm³/mol. The molecule has 1 heterocycles. The molecule has 15 heavy (non-hydrogen) atoms. The molecule has 0 bridgehead atoms. The van der Waals surface area contributed by atoms with Gasteiger partial charge in [0.1, 0.15) is 0 Å². The monoisotopic (exact) mass is 215 g/mol. The molecule has 2 rings (SSSR count). The summed E-state index contributed by atoms with van der Waals surface area (Å²) in [5.41, 5.74) is -0.363. The quantitative estimate of drug-likeness (QED) is 0.596. The summed E-state index contributed by atoms with van der Waals surface area (Å²) in [4.78, 5) is 2.04. The molecule has 1 aliphatic heterocycles. The van der Waals surface area contributed by atoms with Crippen LogP contribution in [-0.2, 0) is 0 Å². The van der Waals surface area contributed by atoms with Gasteiger partial charge >= 0.3 is 0 Å². The van der Waals surface area contributed by atoms with Crippen molar-refractivity contribution in [1.82, 2.24) is 4.90 Å². The topological polar surface area (TPSA) is 63.9 Å². The van der Waals surface area contributed by atoms with E-state index in [0.717, 1.165) is 13.1 Å². The minimum atomic E-state index is -0.798. The van der Waals surface area contributed by atoms with Crippen molar-refractivity contribution >= 4 is 0 Å². The Hall–Kier alpha value is -0.160. The number of aliphatic hydroxyl groups is 3. The molecule has 3 N–H and O–H groups in total. The van der Waals surface area contributed by atoms with Gasteiger partial charge in [0.2, 0.25) is 0 Å². The lowest BCUT2D eigenvalue weighted by atomic mass is 9.75. The van der Waals surface area contributed by atoms with Crippen LogP contribution in [0.2, 0.25) is 0 Å². The average Bonchev–Trinajstić information content (AvgIpc) is 2.69. The van der Waals surface area contributed by atoms with E-state index >= 15 is 0 Å². The molecule has 0 amide bonds. The molecule has 0 aromatic rings. The maximum atomic E-state index is 9.28. The summed E-state index contributed by atoms with van der Waals surface area (Å²) in [7, 11) is 0. The van der Waals surface area contributed by atoms with Crippen molar-refractivity contribution in [2.45, 2.75) is 31.2 Å². The largest absolute Gasteiger partial charge is 0.394 e. The number of rotatable bonds is 4. The van der Waals surface area contributed by atoms with Crippen molar-refractivity contribution in [2.24, 2.45) is 5.41 Å². The van der Waals surface area contributed by atoms with E-state index in [9.17, 15) is 15.3 Å². The van der Waals surface area contributed by atoms with Crippen molar-refractivity contribution in [3.05, 3.63) is 0 Å². The van der Waals surface area contributed by atoms with Crippen LogP contribution in [0.4, 0.5) is 0 Å². The van der Waals surface area contributed by atoms with Gasteiger partial charge in [0, 0.05) is 13.1 Å². The van der Waals surface area contributed by atoms with Crippen LogP contribution in [0.25, 0.3) is 0 Å². The first kappa shape index (κ1) is 11.3. The van der Waals surface area contributed by atoms with Gasteiger partial charge in [0.15, 0.2) is 0 Å². The van der Waals surface area contributed by atoms with Crippen LogP contribution in [0.3, 0.4) is 0 Å². The lowest BCUT2D eigenvalue weighted by Gasteiger charge is -2.56. The molecule has 2 aliphatic rings. The van der Waals surface area contributed by atoms with Crippen LogP contribution in [0.5, 0.6) is 0 Å². The van der Waals surface area contributed by atoms with Crippen LogP contribution < -0.4 is 0 Å². The Morgan fingerprint density at radius 3 is 1.80 bits per heavy atom. The number of likely N-dealkylation sites (tertiary alicyclic amines) is 1. The molecule has 0 aromatic carbocycles. The second-order valence-electron chi connectivity index (χ2n) is 5.26. The second kappa shape index (κ2) is 4.01. The highest BCUT2D eigenvalue weighted by Gasteiger charge is 2.51. The van der Waals surface area contributed by atoms with Gasteiger partial charge in [-0.1, -0.05) is 12.8 Å². The van der Waals surface area contributed by atoms with Crippen molar-refractivity contribution in [3.8, 4) is 0 Å². The zero-order valence-corrected chi connectivity index (χ0v) is 9.15. The fraction of sp³-hybridized carbons (Fsp3) is 1.00. The highest BCUT2D eigenvalue weighted by atomic mass is 16.3. The number of hydrogen-bond donors (Lipinski definition) is 3. The summed E-state index contributed by atoms with van der Waals surface area (Å²) >= 11 is 0. The molecule has 0 aromatic heterocycles. The van der Waals surface area contributed by atoms with Crippen molar-refractivity contribution in [2.75, 3.05) is 32.9 Å². The van der Waals surface area contributed by atoms with E-state index in [0.29, 0.717) is 5.41 Å². The maximum absolute atomic E-state index is 9.28. The zero-order chi connectivity index (χ0) is 10.9. The molecule has 1 spiro atoms. The van der Waals surface area contributed by atoms with Crippen molar-refractivity contribution < 1.29 is 15.3 Å². The lowest BCUT2D eigenvalue weighted by molar-refractivity contribution is -0.131. The minimum Gasteiger partial charge on any atom is -0.394 e. The third-order valence-electron chi connectivity index (χ3n) is 4.27. The van der Waals surface area contributed by atoms with E-state index in [4.69, 9.17) is 0 Å². The fourth-order valence-corrected chi connectivity index (χ4v) is 2.99. The van der Waals surface area contributed by atoms with Crippen LogP contribution in [-0.4, -0.2) is 58.7 Å². The molecule has 0 unspecified atom stereocenters. The molecule has 1 aliphatic carbocycles. The van der Waals surface area contributed by atoms with Gasteiger partial charge in [0.25, 0.3) is 0 Å². The molecule has 88 valence electrons. The van der Waals surface area contributed by atoms with E-state index in [2.05, 4.69) is 0 Å². The summed E-state index contributed by atoms with van der Waals surface area (Å²) < 4.78 is 0. The van der Waals surface area contributed by atoms with Gasteiger partial charge in [0.05, 0.1) is 25.4 Å². The van der Waals surface area contributed by atoms with Gasteiger partial charge in [-0.15, -0.1) is 0 Å². The summed E-state index contributed by atoms with van der Waals surface area (Å²) in [6, 6.07) is 0. The average molecular weight is 215 g/mol. The molecule has 0 radical (unpaired) electrons. The molecule has 1 saturated heterocycles. The highest BCUT2D eigenvalue weighted by Crippen LogP contribution is 2.47. The summed E-state index contributed by atoms with van der Waals surface area (Å²) in [5, 5.41) is 27.8. The molecule has 4 nitrogen and oxygen atoms in total. The van der Waals surface area contributed by atoms with Crippen LogP contribution in [0.15, 0.2) is 0 Å². The SMILES string of the molecule is OCC(CO)(CO)N1CC2(CCCC2)C1.